The summed E-state index contributed by atoms with van der Waals surface area (Å²) in [6.07, 6.45) is 2.58. The highest BCUT2D eigenvalue weighted by atomic mass is 16.5. The van der Waals surface area contributed by atoms with Crippen LogP contribution in [-0.4, -0.2) is 23.6 Å². The zero-order valence-corrected chi connectivity index (χ0v) is 10.6. The van der Waals surface area contributed by atoms with Crippen molar-refractivity contribution in [2.75, 3.05) is 11.9 Å². The topological polar surface area (TPSA) is 75.0 Å². The van der Waals surface area contributed by atoms with E-state index in [0.29, 0.717) is 30.8 Å². The Morgan fingerprint density at radius 3 is 2.94 bits per heavy atom. The second-order valence-electron chi connectivity index (χ2n) is 3.93. The number of hydrogen-bond donors (Lipinski definition) is 1. The SMILES string of the molecule is CCOC(=O)CCC(C)Nc1ccc(C#N)cn1. The second kappa shape index (κ2) is 7.28. The van der Waals surface area contributed by atoms with Crippen molar-refractivity contribution in [1.29, 1.82) is 5.26 Å². The first-order chi connectivity index (χ1) is 8.65. The molecule has 0 spiro atoms. The molecule has 1 rings (SSSR count). The molecule has 96 valence electrons. The Balaban J connectivity index is 2.37. The molecule has 0 saturated carbocycles. The Morgan fingerprint density at radius 2 is 2.39 bits per heavy atom. The highest BCUT2D eigenvalue weighted by Gasteiger charge is 2.07. The fourth-order valence-corrected chi connectivity index (χ4v) is 1.44. The fraction of sp³-hybridized carbons (Fsp3) is 0.462. The maximum Gasteiger partial charge on any atom is 0.305 e. The summed E-state index contributed by atoms with van der Waals surface area (Å²) < 4.78 is 4.85. The van der Waals surface area contributed by atoms with Crippen LogP contribution in [0.25, 0.3) is 0 Å². The Hall–Kier alpha value is -2.09. The molecule has 0 aromatic carbocycles. The average molecular weight is 247 g/mol. The van der Waals surface area contributed by atoms with Crippen LogP contribution in [0.1, 0.15) is 32.3 Å². The zero-order valence-electron chi connectivity index (χ0n) is 10.6. The Labute approximate surface area is 107 Å². The van der Waals surface area contributed by atoms with E-state index in [1.165, 1.54) is 6.20 Å². The average Bonchev–Trinajstić information content (AvgIpc) is 2.38. The van der Waals surface area contributed by atoms with Crippen molar-refractivity contribution < 1.29 is 9.53 Å². The summed E-state index contributed by atoms with van der Waals surface area (Å²) >= 11 is 0. The van der Waals surface area contributed by atoms with Gasteiger partial charge in [0.05, 0.1) is 12.2 Å². The van der Waals surface area contributed by atoms with E-state index >= 15 is 0 Å². The van der Waals surface area contributed by atoms with E-state index in [0.717, 1.165) is 0 Å². The van der Waals surface area contributed by atoms with Crippen molar-refractivity contribution in [3.8, 4) is 6.07 Å². The Bertz CT molecular complexity index is 423. The molecule has 0 aliphatic carbocycles. The van der Waals surface area contributed by atoms with Gasteiger partial charge in [0.2, 0.25) is 0 Å². The molecule has 0 bridgehead atoms. The number of rotatable bonds is 6. The van der Waals surface area contributed by atoms with Gasteiger partial charge in [0.15, 0.2) is 0 Å². The van der Waals surface area contributed by atoms with Crippen LogP contribution in [0.2, 0.25) is 0 Å². The van der Waals surface area contributed by atoms with Gasteiger partial charge in [-0.25, -0.2) is 4.98 Å². The molecule has 1 heterocycles. The van der Waals surface area contributed by atoms with Gasteiger partial charge in [-0.2, -0.15) is 5.26 Å². The molecule has 0 radical (unpaired) electrons. The summed E-state index contributed by atoms with van der Waals surface area (Å²) in [5, 5.41) is 11.8. The molecule has 1 aromatic rings. The third-order valence-electron chi connectivity index (χ3n) is 2.37. The summed E-state index contributed by atoms with van der Waals surface area (Å²) in [5.41, 5.74) is 0.528. The van der Waals surface area contributed by atoms with E-state index < -0.39 is 0 Å². The molecule has 0 amide bonds. The second-order valence-corrected chi connectivity index (χ2v) is 3.93. The highest BCUT2D eigenvalue weighted by molar-refractivity contribution is 5.69. The number of nitrogens with zero attached hydrogens (tertiary/aromatic N) is 2. The zero-order chi connectivity index (χ0) is 13.4. The maximum atomic E-state index is 11.2. The molecule has 18 heavy (non-hydrogen) atoms. The third kappa shape index (κ3) is 4.83. The summed E-state index contributed by atoms with van der Waals surface area (Å²) in [5.74, 6) is 0.518. The van der Waals surface area contributed by atoms with Crippen molar-refractivity contribution in [2.24, 2.45) is 0 Å². The van der Waals surface area contributed by atoms with Gasteiger partial charge in [-0.3, -0.25) is 4.79 Å². The lowest BCUT2D eigenvalue weighted by Gasteiger charge is -2.13. The van der Waals surface area contributed by atoms with Gasteiger partial charge < -0.3 is 10.1 Å². The van der Waals surface area contributed by atoms with E-state index in [1.54, 1.807) is 19.1 Å². The van der Waals surface area contributed by atoms with Gasteiger partial charge in [0.1, 0.15) is 11.9 Å². The Morgan fingerprint density at radius 1 is 1.61 bits per heavy atom. The summed E-state index contributed by atoms with van der Waals surface area (Å²) in [6.45, 7) is 4.18. The molecule has 0 aliphatic heterocycles. The van der Waals surface area contributed by atoms with Gasteiger partial charge in [-0.15, -0.1) is 0 Å². The fourth-order valence-electron chi connectivity index (χ4n) is 1.44. The minimum atomic E-state index is -0.182. The number of hydrogen-bond acceptors (Lipinski definition) is 5. The smallest absolute Gasteiger partial charge is 0.305 e. The van der Waals surface area contributed by atoms with Crippen LogP contribution in [0, 0.1) is 11.3 Å². The summed E-state index contributed by atoms with van der Waals surface area (Å²) in [6, 6.07) is 5.58. The molecular weight excluding hydrogens is 230 g/mol. The van der Waals surface area contributed by atoms with Crippen molar-refractivity contribution in [3.05, 3.63) is 23.9 Å². The maximum absolute atomic E-state index is 11.2. The predicted molar refractivity (Wildman–Crippen MR) is 67.9 cm³/mol. The van der Waals surface area contributed by atoms with Crippen molar-refractivity contribution in [2.45, 2.75) is 32.7 Å². The van der Waals surface area contributed by atoms with Gasteiger partial charge in [0.25, 0.3) is 0 Å². The lowest BCUT2D eigenvalue weighted by molar-refractivity contribution is -0.143. The van der Waals surface area contributed by atoms with Gasteiger partial charge in [-0.05, 0) is 32.4 Å². The number of anilines is 1. The standard InChI is InChI=1S/C13H17N3O2/c1-3-18-13(17)7-4-10(2)16-12-6-5-11(8-14)9-15-12/h5-6,9-10H,3-4,7H2,1-2H3,(H,15,16). The number of pyridine rings is 1. The number of ether oxygens (including phenoxy) is 1. The number of aromatic nitrogens is 1. The lowest BCUT2D eigenvalue weighted by Crippen LogP contribution is -2.18. The van der Waals surface area contributed by atoms with Crippen molar-refractivity contribution >= 4 is 11.8 Å². The largest absolute Gasteiger partial charge is 0.466 e. The molecule has 1 aromatic heterocycles. The summed E-state index contributed by atoms with van der Waals surface area (Å²) in [7, 11) is 0. The molecule has 1 unspecified atom stereocenters. The molecule has 1 atom stereocenters. The van der Waals surface area contributed by atoms with Crippen LogP contribution >= 0.6 is 0 Å². The van der Waals surface area contributed by atoms with Crippen LogP contribution in [0.4, 0.5) is 5.82 Å². The van der Waals surface area contributed by atoms with Gasteiger partial charge >= 0.3 is 5.97 Å². The number of carbonyl (C=O) groups excluding carboxylic acids is 1. The Kier molecular flexibility index (Phi) is 5.65. The molecule has 0 aliphatic rings. The van der Waals surface area contributed by atoms with Crippen LogP contribution in [0.15, 0.2) is 18.3 Å². The minimum Gasteiger partial charge on any atom is -0.466 e. The molecule has 5 nitrogen and oxygen atoms in total. The third-order valence-corrected chi connectivity index (χ3v) is 2.37. The number of esters is 1. The van der Waals surface area contributed by atoms with Gasteiger partial charge in [-0.1, -0.05) is 0 Å². The monoisotopic (exact) mass is 247 g/mol. The molecule has 1 N–H and O–H groups in total. The van der Waals surface area contributed by atoms with E-state index in [1.807, 2.05) is 13.0 Å². The van der Waals surface area contributed by atoms with Crippen LogP contribution in [0.3, 0.4) is 0 Å². The number of nitrogens with one attached hydrogen (secondary N) is 1. The van der Waals surface area contributed by atoms with Crippen molar-refractivity contribution in [3.63, 3.8) is 0 Å². The lowest BCUT2D eigenvalue weighted by atomic mass is 10.2. The molecule has 0 fully saturated rings. The normalized spacial score (nSPS) is 11.4. The van der Waals surface area contributed by atoms with Crippen molar-refractivity contribution in [1.82, 2.24) is 4.98 Å². The quantitative estimate of drug-likeness (QED) is 0.779. The van der Waals surface area contributed by atoms with E-state index in [4.69, 9.17) is 10.00 Å². The van der Waals surface area contributed by atoms with Gasteiger partial charge in [0, 0.05) is 18.7 Å². The summed E-state index contributed by atoms with van der Waals surface area (Å²) in [4.78, 5) is 15.3. The first-order valence-corrected chi connectivity index (χ1v) is 5.94. The van der Waals surface area contributed by atoms with E-state index in [-0.39, 0.29) is 12.0 Å². The molecule has 5 heteroatoms. The van der Waals surface area contributed by atoms with E-state index in [2.05, 4.69) is 10.3 Å². The molecule has 0 saturated heterocycles. The first kappa shape index (κ1) is 14.0. The molecular formula is C13H17N3O2. The van der Waals surface area contributed by atoms with Crippen LogP contribution < -0.4 is 5.32 Å². The minimum absolute atomic E-state index is 0.120. The number of nitriles is 1. The predicted octanol–water partition coefficient (Wildman–Crippen LogP) is 2.10. The highest BCUT2D eigenvalue weighted by Crippen LogP contribution is 2.08. The number of carbonyl (C=O) groups is 1. The first-order valence-electron chi connectivity index (χ1n) is 5.94. The van der Waals surface area contributed by atoms with Crippen LogP contribution in [-0.2, 0) is 9.53 Å². The van der Waals surface area contributed by atoms with E-state index in [9.17, 15) is 4.79 Å². The van der Waals surface area contributed by atoms with Crippen LogP contribution in [0.5, 0.6) is 0 Å².